The van der Waals surface area contributed by atoms with Crippen molar-refractivity contribution in [3.8, 4) is 0 Å². The second-order valence-corrected chi connectivity index (χ2v) is 5.63. The number of aryl methyl sites for hydroxylation is 1. The molecule has 1 aromatic carbocycles. The molecule has 2 aliphatic heterocycles. The molecule has 19 heavy (non-hydrogen) atoms. The van der Waals surface area contributed by atoms with Crippen molar-refractivity contribution in [1.82, 2.24) is 10.2 Å². The lowest BCUT2D eigenvalue weighted by Crippen LogP contribution is -2.55. The Hall–Kier alpha value is -1.39. The lowest BCUT2D eigenvalue weighted by Gasteiger charge is -2.39. The van der Waals surface area contributed by atoms with Gasteiger partial charge in [-0.05, 0) is 25.5 Å². The zero-order valence-corrected chi connectivity index (χ0v) is 11.3. The molecule has 1 spiro atoms. The number of morpholine rings is 1. The maximum Gasteiger partial charge on any atom is 0.249 e. The number of rotatable bonds is 2. The van der Waals surface area contributed by atoms with Crippen LogP contribution in [0.1, 0.15) is 17.5 Å². The third-order valence-corrected chi connectivity index (χ3v) is 4.03. The first-order valence-corrected chi connectivity index (χ1v) is 6.85. The first kappa shape index (κ1) is 12.6. The minimum atomic E-state index is -0.154. The van der Waals surface area contributed by atoms with Crippen molar-refractivity contribution < 1.29 is 9.53 Å². The van der Waals surface area contributed by atoms with E-state index in [9.17, 15) is 4.79 Å². The van der Waals surface area contributed by atoms with E-state index in [4.69, 9.17) is 4.74 Å². The number of nitrogens with zero attached hydrogens (tertiary/aromatic N) is 1. The smallest absolute Gasteiger partial charge is 0.249 e. The van der Waals surface area contributed by atoms with Gasteiger partial charge >= 0.3 is 0 Å². The summed E-state index contributed by atoms with van der Waals surface area (Å²) in [6.07, 6.45) is 0.991. The van der Waals surface area contributed by atoms with Crippen molar-refractivity contribution in [1.29, 1.82) is 0 Å². The van der Waals surface area contributed by atoms with E-state index in [1.54, 1.807) is 0 Å². The van der Waals surface area contributed by atoms with Gasteiger partial charge in [-0.3, -0.25) is 4.79 Å². The second-order valence-electron chi connectivity index (χ2n) is 5.63. The number of carbonyl (C=O) groups excluding carboxylic acids is 1. The van der Waals surface area contributed by atoms with Crippen LogP contribution in [0.5, 0.6) is 0 Å². The Labute approximate surface area is 113 Å². The Morgan fingerprint density at radius 1 is 1.37 bits per heavy atom. The van der Waals surface area contributed by atoms with Gasteiger partial charge in [0, 0.05) is 13.1 Å². The van der Waals surface area contributed by atoms with Crippen molar-refractivity contribution in [2.75, 3.05) is 26.2 Å². The summed E-state index contributed by atoms with van der Waals surface area (Å²) in [5.74, 6) is 0.0955. The fourth-order valence-corrected chi connectivity index (χ4v) is 2.82. The van der Waals surface area contributed by atoms with Gasteiger partial charge < -0.3 is 15.0 Å². The third kappa shape index (κ3) is 2.65. The van der Waals surface area contributed by atoms with E-state index in [0.717, 1.165) is 19.5 Å². The fourth-order valence-electron chi connectivity index (χ4n) is 2.82. The summed E-state index contributed by atoms with van der Waals surface area (Å²) >= 11 is 0. The van der Waals surface area contributed by atoms with Gasteiger partial charge in [-0.25, -0.2) is 0 Å². The van der Waals surface area contributed by atoms with E-state index < -0.39 is 0 Å². The molecule has 1 atom stereocenters. The normalized spacial score (nSPS) is 27.2. The average molecular weight is 260 g/mol. The molecule has 2 saturated heterocycles. The topological polar surface area (TPSA) is 41.6 Å². The molecule has 0 radical (unpaired) electrons. The van der Waals surface area contributed by atoms with Gasteiger partial charge in [0.2, 0.25) is 5.91 Å². The first-order valence-electron chi connectivity index (χ1n) is 6.85. The van der Waals surface area contributed by atoms with Crippen molar-refractivity contribution in [3.05, 3.63) is 35.4 Å². The van der Waals surface area contributed by atoms with Crippen molar-refractivity contribution in [2.45, 2.75) is 25.5 Å². The third-order valence-electron chi connectivity index (χ3n) is 4.03. The van der Waals surface area contributed by atoms with Crippen LogP contribution in [0.4, 0.5) is 0 Å². The van der Waals surface area contributed by atoms with E-state index in [2.05, 4.69) is 36.5 Å². The van der Waals surface area contributed by atoms with Gasteiger partial charge in [0.15, 0.2) is 0 Å². The van der Waals surface area contributed by atoms with Crippen LogP contribution in [-0.4, -0.2) is 42.6 Å². The van der Waals surface area contributed by atoms with Crippen molar-refractivity contribution in [3.63, 3.8) is 0 Å². The zero-order chi connectivity index (χ0) is 13.3. The summed E-state index contributed by atoms with van der Waals surface area (Å²) in [5.41, 5.74) is 2.27. The predicted molar refractivity (Wildman–Crippen MR) is 72.8 cm³/mol. The highest BCUT2D eigenvalue weighted by Crippen LogP contribution is 2.26. The van der Waals surface area contributed by atoms with Crippen LogP contribution in [0.15, 0.2) is 24.3 Å². The van der Waals surface area contributed by atoms with E-state index >= 15 is 0 Å². The maximum absolute atomic E-state index is 12.0. The molecule has 3 rings (SSSR count). The summed E-state index contributed by atoms with van der Waals surface area (Å²) in [4.78, 5) is 13.9. The number of nitrogens with one attached hydrogen (secondary N) is 1. The molecule has 2 heterocycles. The molecular weight excluding hydrogens is 240 g/mol. The number of ether oxygens (including phenoxy) is 1. The average Bonchev–Trinajstić information content (AvgIpc) is 2.85. The number of benzene rings is 1. The van der Waals surface area contributed by atoms with Gasteiger partial charge in [-0.15, -0.1) is 0 Å². The van der Waals surface area contributed by atoms with Crippen LogP contribution in [0.25, 0.3) is 0 Å². The minimum absolute atomic E-state index is 0.0955. The van der Waals surface area contributed by atoms with E-state index in [1.807, 2.05) is 4.90 Å². The van der Waals surface area contributed by atoms with Crippen LogP contribution < -0.4 is 5.32 Å². The van der Waals surface area contributed by atoms with Crippen molar-refractivity contribution in [2.24, 2.45) is 0 Å². The van der Waals surface area contributed by atoms with Gasteiger partial charge in [0.25, 0.3) is 0 Å². The lowest BCUT2D eigenvalue weighted by atomic mass is 10.00. The molecule has 1 amide bonds. The quantitative estimate of drug-likeness (QED) is 0.865. The molecule has 4 nitrogen and oxygen atoms in total. The largest absolute Gasteiger partial charge is 0.362 e. The molecule has 1 unspecified atom stereocenters. The molecule has 4 heteroatoms. The van der Waals surface area contributed by atoms with Crippen LogP contribution in [0.3, 0.4) is 0 Å². The Morgan fingerprint density at radius 3 is 2.84 bits per heavy atom. The van der Waals surface area contributed by atoms with Gasteiger partial charge in [-0.2, -0.15) is 0 Å². The number of amides is 1. The molecule has 0 bridgehead atoms. The Morgan fingerprint density at radius 2 is 2.16 bits per heavy atom. The summed E-state index contributed by atoms with van der Waals surface area (Å²) in [7, 11) is 0. The monoisotopic (exact) mass is 260 g/mol. The molecule has 102 valence electrons. The van der Waals surface area contributed by atoms with Crippen LogP contribution >= 0.6 is 0 Å². The molecule has 0 aromatic heterocycles. The van der Waals surface area contributed by atoms with E-state index in [0.29, 0.717) is 13.1 Å². The fraction of sp³-hybridized carbons (Fsp3) is 0.533. The van der Waals surface area contributed by atoms with Crippen molar-refractivity contribution >= 4 is 5.91 Å². The maximum atomic E-state index is 12.0. The molecule has 0 saturated carbocycles. The van der Waals surface area contributed by atoms with E-state index in [-0.39, 0.29) is 18.1 Å². The number of hydrogen-bond donors (Lipinski definition) is 1. The highest BCUT2D eigenvalue weighted by Gasteiger charge is 2.41. The summed E-state index contributed by atoms with van der Waals surface area (Å²) in [5, 5.41) is 3.33. The van der Waals surface area contributed by atoms with Crippen LogP contribution in [0, 0.1) is 6.92 Å². The molecule has 1 aromatic rings. The molecule has 2 aliphatic rings. The Balaban J connectivity index is 1.71. The summed E-state index contributed by atoms with van der Waals surface area (Å²) < 4.78 is 5.77. The molecular formula is C15H20N2O2. The number of carbonyl (C=O) groups is 1. The standard InChI is InChI=1S/C15H20N2O2/c1-12-2-4-13(5-3-12)8-17-11-15(6-7-16-10-15)19-9-14(17)18/h2-5,16H,6-11H2,1H3. The summed E-state index contributed by atoms with van der Waals surface area (Å²) in [6, 6.07) is 8.37. The highest BCUT2D eigenvalue weighted by molar-refractivity contribution is 5.78. The lowest BCUT2D eigenvalue weighted by molar-refractivity contribution is -0.161. The molecule has 1 N–H and O–H groups in total. The zero-order valence-electron chi connectivity index (χ0n) is 11.3. The van der Waals surface area contributed by atoms with Crippen LogP contribution in [-0.2, 0) is 16.1 Å². The van der Waals surface area contributed by atoms with Crippen LogP contribution in [0.2, 0.25) is 0 Å². The van der Waals surface area contributed by atoms with Gasteiger partial charge in [0.05, 0.1) is 12.1 Å². The first-order chi connectivity index (χ1) is 9.17. The van der Waals surface area contributed by atoms with E-state index in [1.165, 1.54) is 11.1 Å². The Kier molecular flexibility index (Phi) is 3.29. The SMILES string of the molecule is Cc1ccc(CN2CC3(CCNC3)OCC2=O)cc1. The second kappa shape index (κ2) is 4.94. The van der Waals surface area contributed by atoms with Gasteiger partial charge in [0.1, 0.15) is 6.61 Å². The molecule has 2 fully saturated rings. The minimum Gasteiger partial charge on any atom is -0.362 e. The summed E-state index contributed by atoms with van der Waals surface area (Å²) in [6.45, 7) is 5.50. The number of hydrogen-bond acceptors (Lipinski definition) is 3. The Bertz CT molecular complexity index is 464. The predicted octanol–water partition coefficient (Wildman–Crippen LogP) is 1.09. The molecule has 0 aliphatic carbocycles. The van der Waals surface area contributed by atoms with Gasteiger partial charge in [-0.1, -0.05) is 29.8 Å². The highest BCUT2D eigenvalue weighted by atomic mass is 16.5.